The molecule has 0 saturated carbocycles. The van der Waals surface area contributed by atoms with E-state index in [1.807, 2.05) is 30.5 Å². The number of carbonyl (C=O) groups is 1. The molecule has 4 heteroatoms. The Bertz CT molecular complexity index is 470. The Morgan fingerprint density at radius 2 is 2.21 bits per heavy atom. The van der Waals surface area contributed by atoms with Gasteiger partial charge in [-0.2, -0.15) is 0 Å². The van der Waals surface area contributed by atoms with E-state index in [1.54, 1.807) is 6.33 Å². The smallest absolute Gasteiger partial charge is 0.160 e. The van der Waals surface area contributed by atoms with Crippen LogP contribution in [-0.2, 0) is 0 Å². The summed E-state index contributed by atoms with van der Waals surface area (Å²) in [5, 5.41) is 1.03. The van der Waals surface area contributed by atoms with E-state index in [2.05, 4.69) is 4.98 Å². The summed E-state index contributed by atoms with van der Waals surface area (Å²) in [7, 11) is 0. The SMILES string of the molecule is Cc1ncn(-c2ccc(C=O)s2)c1C. The molecule has 2 aromatic heterocycles. The highest BCUT2D eigenvalue weighted by Crippen LogP contribution is 2.21. The first-order valence-corrected chi connectivity index (χ1v) is 5.10. The van der Waals surface area contributed by atoms with Crippen molar-refractivity contribution in [1.82, 2.24) is 9.55 Å². The van der Waals surface area contributed by atoms with Gasteiger partial charge in [-0.1, -0.05) is 0 Å². The van der Waals surface area contributed by atoms with Gasteiger partial charge in [0, 0.05) is 5.69 Å². The van der Waals surface area contributed by atoms with Gasteiger partial charge in [-0.25, -0.2) is 4.98 Å². The van der Waals surface area contributed by atoms with Crippen LogP contribution in [0.3, 0.4) is 0 Å². The number of aromatic nitrogens is 2. The van der Waals surface area contributed by atoms with Crippen LogP contribution in [0.15, 0.2) is 18.5 Å². The predicted molar refractivity (Wildman–Crippen MR) is 56.3 cm³/mol. The van der Waals surface area contributed by atoms with Crippen molar-refractivity contribution in [3.63, 3.8) is 0 Å². The highest BCUT2D eigenvalue weighted by molar-refractivity contribution is 7.16. The van der Waals surface area contributed by atoms with Gasteiger partial charge in [0.2, 0.25) is 0 Å². The molecule has 2 heterocycles. The van der Waals surface area contributed by atoms with Gasteiger partial charge in [0.1, 0.15) is 11.3 Å². The van der Waals surface area contributed by atoms with Crippen LogP contribution in [0.2, 0.25) is 0 Å². The van der Waals surface area contributed by atoms with E-state index in [0.717, 1.165) is 27.6 Å². The van der Waals surface area contributed by atoms with E-state index in [1.165, 1.54) is 11.3 Å². The third-order valence-corrected chi connectivity index (χ3v) is 3.23. The maximum Gasteiger partial charge on any atom is 0.160 e. The highest BCUT2D eigenvalue weighted by Gasteiger charge is 2.06. The Morgan fingerprint density at radius 1 is 1.43 bits per heavy atom. The van der Waals surface area contributed by atoms with E-state index in [4.69, 9.17) is 0 Å². The minimum absolute atomic E-state index is 0.741. The van der Waals surface area contributed by atoms with E-state index < -0.39 is 0 Å². The molecular weight excluding hydrogens is 196 g/mol. The molecule has 0 amide bonds. The molecule has 14 heavy (non-hydrogen) atoms. The zero-order valence-electron chi connectivity index (χ0n) is 8.02. The minimum atomic E-state index is 0.741. The van der Waals surface area contributed by atoms with Crippen molar-refractivity contribution in [3.8, 4) is 5.00 Å². The number of carbonyl (C=O) groups excluding carboxylic acids is 1. The zero-order chi connectivity index (χ0) is 10.1. The molecule has 0 aromatic carbocycles. The van der Waals surface area contributed by atoms with Crippen LogP contribution in [0.4, 0.5) is 0 Å². The van der Waals surface area contributed by atoms with Gasteiger partial charge in [0.05, 0.1) is 10.6 Å². The van der Waals surface area contributed by atoms with E-state index in [0.29, 0.717) is 0 Å². The average molecular weight is 206 g/mol. The number of rotatable bonds is 2. The summed E-state index contributed by atoms with van der Waals surface area (Å²) in [5.74, 6) is 0. The fourth-order valence-corrected chi connectivity index (χ4v) is 2.10. The van der Waals surface area contributed by atoms with Gasteiger partial charge in [0.25, 0.3) is 0 Å². The van der Waals surface area contributed by atoms with Gasteiger partial charge in [-0.05, 0) is 26.0 Å². The Balaban J connectivity index is 2.49. The van der Waals surface area contributed by atoms with Gasteiger partial charge < -0.3 is 0 Å². The van der Waals surface area contributed by atoms with Crippen LogP contribution in [0.25, 0.3) is 5.00 Å². The van der Waals surface area contributed by atoms with Crippen molar-refractivity contribution in [2.45, 2.75) is 13.8 Å². The van der Waals surface area contributed by atoms with Crippen LogP contribution in [-0.4, -0.2) is 15.8 Å². The van der Waals surface area contributed by atoms with Crippen LogP contribution in [0.1, 0.15) is 21.1 Å². The molecule has 0 aliphatic rings. The number of nitrogens with zero attached hydrogens (tertiary/aromatic N) is 2. The van der Waals surface area contributed by atoms with Crippen molar-refractivity contribution in [3.05, 3.63) is 34.7 Å². The second kappa shape index (κ2) is 3.38. The van der Waals surface area contributed by atoms with Crippen molar-refractivity contribution < 1.29 is 4.79 Å². The zero-order valence-corrected chi connectivity index (χ0v) is 8.84. The normalized spacial score (nSPS) is 10.4. The average Bonchev–Trinajstić information content (AvgIpc) is 2.75. The summed E-state index contributed by atoms with van der Waals surface area (Å²) in [6, 6.07) is 3.75. The van der Waals surface area contributed by atoms with Gasteiger partial charge >= 0.3 is 0 Å². The first-order chi connectivity index (χ1) is 6.72. The molecule has 3 nitrogen and oxygen atoms in total. The molecule has 72 valence electrons. The summed E-state index contributed by atoms with van der Waals surface area (Å²) in [4.78, 5) is 15.5. The quantitative estimate of drug-likeness (QED) is 0.707. The molecule has 0 aliphatic heterocycles. The number of aryl methyl sites for hydroxylation is 1. The summed E-state index contributed by atoms with van der Waals surface area (Å²) >= 11 is 1.47. The van der Waals surface area contributed by atoms with E-state index >= 15 is 0 Å². The molecular formula is C10H10N2OS. The lowest BCUT2D eigenvalue weighted by Crippen LogP contribution is -1.91. The van der Waals surface area contributed by atoms with Crippen LogP contribution < -0.4 is 0 Å². The van der Waals surface area contributed by atoms with Crippen molar-refractivity contribution in [2.24, 2.45) is 0 Å². The number of imidazole rings is 1. The molecule has 0 aliphatic carbocycles. The molecule has 0 unspecified atom stereocenters. The molecule has 0 N–H and O–H groups in total. The van der Waals surface area contributed by atoms with Crippen LogP contribution >= 0.6 is 11.3 Å². The second-order valence-corrected chi connectivity index (χ2v) is 4.17. The largest absolute Gasteiger partial charge is 0.297 e. The highest BCUT2D eigenvalue weighted by atomic mass is 32.1. The predicted octanol–water partition coefficient (Wildman–Crippen LogP) is 2.36. The minimum Gasteiger partial charge on any atom is -0.297 e. The molecule has 0 spiro atoms. The third-order valence-electron chi connectivity index (χ3n) is 2.22. The van der Waals surface area contributed by atoms with Crippen LogP contribution in [0.5, 0.6) is 0 Å². The first kappa shape index (κ1) is 9.15. The molecule has 0 bridgehead atoms. The topological polar surface area (TPSA) is 34.9 Å². The Hall–Kier alpha value is -1.42. The lowest BCUT2D eigenvalue weighted by atomic mass is 10.4. The van der Waals surface area contributed by atoms with Crippen LogP contribution in [0, 0.1) is 13.8 Å². The van der Waals surface area contributed by atoms with Gasteiger partial charge in [-0.3, -0.25) is 9.36 Å². The number of thiophene rings is 1. The number of hydrogen-bond acceptors (Lipinski definition) is 3. The number of hydrogen-bond donors (Lipinski definition) is 0. The maximum atomic E-state index is 10.5. The molecule has 2 rings (SSSR count). The first-order valence-electron chi connectivity index (χ1n) is 4.28. The van der Waals surface area contributed by atoms with E-state index in [9.17, 15) is 4.79 Å². The van der Waals surface area contributed by atoms with Gasteiger partial charge in [-0.15, -0.1) is 11.3 Å². The lowest BCUT2D eigenvalue weighted by Gasteiger charge is -1.99. The standard InChI is InChI=1S/C10H10N2OS/c1-7-8(2)12(6-11-7)10-4-3-9(5-13)14-10/h3-6H,1-2H3. The van der Waals surface area contributed by atoms with Crippen molar-refractivity contribution in [2.75, 3.05) is 0 Å². The summed E-state index contributed by atoms with van der Waals surface area (Å²) in [6.45, 7) is 3.99. The monoisotopic (exact) mass is 206 g/mol. The summed E-state index contributed by atoms with van der Waals surface area (Å²) < 4.78 is 1.99. The Kier molecular flexibility index (Phi) is 2.21. The molecule has 2 aromatic rings. The summed E-state index contributed by atoms with van der Waals surface area (Å²) in [6.07, 6.45) is 2.65. The van der Waals surface area contributed by atoms with Crippen molar-refractivity contribution in [1.29, 1.82) is 0 Å². The maximum absolute atomic E-state index is 10.5. The Labute approximate surface area is 86.0 Å². The fourth-order valence-electron chi connectivity index (χ4n) is 1.26. The van der Waals surface area contributed by atoms with Crippen molar-refractivity contribution >= 4 is 17.6 Å². The fraction of sp³-hybridized carbons (Fsp3) is 0.200. The molecule has 0 radical (unpaired) electrons. The van der Waals surface area contributed by atoms with E-state index in [-0.39, 0.29) is 0 Å². The van der Waals surface area contributed by atoms with Gasteiger partial charge in [0.15, 0.2) is 6.29 Å². The molecule has 0 saturated heterocycles. The summed E-state index contributed by atoms with van der Waals surface area (Å²) in [5.41, 5.74) is 2.13. The Morgan fingerprint density at radius 3 is 2.71 bits per heavy atom. The lowest BCUT2D eigenvalue weighted by molar-refractivity contribution is 0.112. The second-order valence-electron chi connectivity index (χ2n) is 3.08. The molecule has 0 atom stereocenters. The third kappa shape index (κ3) is 1.37. The molecule has 0 fully saturated rings. The number of aldehydes is 1.